The Morgan fingerprint density at radius 2 is 2.22 bits per heavy atom. The van der Waals surface area contributed by atoms with E-state index in [2.05, 4.69) is 5.32 Å². The minimum Gasteiger partial charge on any atom is -0.347 e. The Hall–Kier alpha value is -1.91. The van der Waals surface area contributed by atoms with E-state index in [1.807, 2.05) is 13.0 Å². The molecule has 0 bridgehead atoms. The minimum atomic E-state index is -0.413. The molecule has 2 amide bonds. The van der Waals surface area contributed by atoms with Crippen molar-refractivity contribution in [2.45, 2.75) is 57.5 Å². The second-order valence-electron chi connectivity index (χ2n) is 6.41. The fourth-order valence-electron chi connectivity index (χ4n) is 3.73. The van der Waals surface area contributed by atoms with Crippen LogP contribution in [0.4, 0.5) is 4.39 Å². The van der Waals surface area contributed by atoms with Gasteiger partial charge in [0.15, 0.2) is 0 Å². The zero-order valence-corrected chi connectivity index (χ0v) is 13.5. The number of nitrogens with one attached hydrogen (secondary N) is 1. The lowest BCUT2D eigenvalue weighted by Gasteiger charge is -2.31. The highest BCUT2D eigenvalue weighted by Crippen LogP contribution is 2.30. The molecule has 0 spiro atoms. The summed E-state index contributed by atoms with van der Waals surface area (Å²) in [6, 6.07) is 4.24. The maximum Gasteiger partial charge on any atom is 0.243 e. The Morgan fingerprint density at radius 3 is 2.91 bits per heavy atom. The molecule has 1 aliphatic carbocycles. The van der Waals surface area contributed by atoms with E-state index < -0.39 is 6.04 Å². The molecule has 1 fully saturated rings. The van der Waals surface area contributed by atoms with Gasteiger partial charge in [0.2, 0.25) is 11.8 Å². The number of aryl methyl sites for hydroxylation is 1. The average molecular weight is 318 g/mol. The second-order valence-corrected chi connectivity index (χ2v) is 6.41. The molecule has 1 aromatic rings. The first-order valence-electron chi connectivity index (χ1n) is 8.48. The Balaban J connectivity index is 1.75. The van der Waals surface area contributed by atoms with Crippen LogP contribution in [0, 0.1) is 5.82 Å². The number of fused-ring (bicyclic) bond motifs is 1. The van der Waals surface area contributed by atoms with Gasteiger partial charge in [-0.1, -0.05) is 13.0 Å². The lowest BCUT2D eigenvalue weighted by atomic mass is 9.87. The molecule has 0 unspecified atom stereocenters. The largest absolute Gasteiger partial charge is 0.347 e. The number of carbonyl (C=O) groups excluding carboxylic acids is 2. The third kappa shape index (κ3) is 3.23. The predicted octanol–water partition coefficient (Wildman–Crippen LogP) is 2.72. The van der Waals surface area contributed by atoms with Crippen LogP contribution in [-0.2, 0) is 16.0 Å². The summed E-state index contributed by atoms with van der Waals surface area (Å²) in [5.41, 5.74) is 1.99. The van der Waals surface area contributed by atoms with Crippen LogP contribution in [-0.4, -0.2) is 29.3 Å². The number of rotatable bonds is 4. The van der Waals surface area contributed by atoms with Crippen molar-refractivity contribution in [1.29, 1.82) is 0 Å². The van der Waals surface area contributed by atoms with Crippen LogP contribution < -0.4 is 5.32 Å². The number of likely N-dealkylation sites (tertiary alicyclic amines) is 1. The normalized spacial score (nSPS) is 21.9. The lowest BCUT2D eigenvalue weighted by molar-refractivity contribution is -0.138. The molecule has 0 radical (unpaired) electrons. The van der Waals surface area contributed by atoms with Gasteiger partial charge in [-0.2, -0.15) is 0 Å². The van der Waals surface area contributed by atoms with Crippen LogP contribution in [0.3, 0.4) is 0 Å². The van der Waals surface area contributed by atoms with Crippen LogP contribution in [0.25, 0.3) is 0 Å². The molecule has 1 saturated heterocycles. The van der Waals surface area contributed by atoms with Crippen molar-refractivity contribution in [1.82, 2.24) is 10.2 Å². The van der Waals surface area contributed by atoms with Crippen LogP contribution >= 0.6 is 0 Å². The van der Waals surface area contributed by atoms with Crippen molar-refractivity contribution in [3.8, 4) is 0 Å². The van der Waals surface area contributed by atoms with Gasteiger partial charge in [-0.3, -0.25) is 9.59 Å². The monoisotopic (exact) mass is 318 g/mol. The van der Waals surface area contributed by atoms with E-state index in [4.69, 9.17) is 0 Å². The minimum absolute atomic E-state index is 0.0575. The van der Waals surface area contributed by atoms with Crippen molar-refractivity contribution in [3.05, 3.63) is 35.1 Å². The first-order valence-corrected chi connectivity index (χ1v) is 8.48. The van der Waals surface area contributed by atoms with Crippen molar-refractivity contribution in [2.24, 2.45) is 0 Å². The quantitative estimate of drug-likeness (QED) is 0.928. The fraction of sp³-hybridized carbons (Fsp3) is 0.556. The first-order chi connectivity index (χ1) is 11.1. The van der Waals surface area contributed by atoms with Gasteiger partial charge in [0, 0.05) is 13.0 Å². The number of amides is 2. The molecule has 0 saturated carbocycles. The molecule has 5 heteroatoms. The first kappa shape index (κ1) is 16.0. The Bertz CT molecular complexity index is 617. The molecular formula is C18H23FN2O2. The van der Waals surface area contributed by atoms with Crippen LogP contribution in [0.5, 0.6) is 0 Å². The van der Waals surface area contributed by atoms with E-state index in [1.54, 1.807) is 4.90 Å². The molecule has 1 N–H and O–H groups in total. The zero-order chi connectivity index (χ0) is 16.4. The third-order valence-corrected chi connectivity index (χ3v) is 4.91. The number of hydrogen-bond acceptors (Lipinski definition) is 2. The maximum absolute atomic E-state index is 13.6. The topological polar surface area (TPSA) is 49.4 Å². The third-order valence-electron chi connectivity index (χ3n) is 4.91. The van der Waals surface area contributed by atoms with Gasteiger partial charge in [-0.25, -0.2) is 4.39 Å². The molecule has 1 aliphatic heterocycles. The average Bonchev–Trinajstić information content (AvgIpc) is 2.95. The van der Waals surface area contributed by atoms with E-state index in [0.717, 1.165) is 36.8 Å². The number of nitrogens with zero attached hydrogens (tertiary/aromatic N) is 1. The second kappa shape index (κ2) is 6.69. The highest BCUT2D eigenvalue weighted by Gasteiger charge is 2.33. The highest BCUT2D eigenvalue weighted by atomic mass is 19.1. The van der Waals surface area contributed by atoms with E-state index in [1.165, 1.54) is 12.1 Å². The molecule has 4 nitrogen and oxygen atoms in total. The zero-order valence-electron chi connectivity index (χ0n) is 13.5. The van der Waals surface area contributed by atoms with Crippen LogP contribution in [0.2, 0.25) is 0 Å². The number of benzene rings is 1. The van der Waals surface area contributed by atoms with Crippen molar-refractivity contribution in [3.63, 3.8) is 0 Å². The maximum atomic E-state index is 13.6. The smallest absolute Gasteiger partial charge is 0.243 e. The standard InChI is InChI=1S/C18H23FN2O2/c1-2-16(21-10-4-7-17(21)22)18(23)20-15-6-3-5-12-8-9-13(19)11-14(12)15/h8-9,11,15-16H,2-7,10H2,1H3,(H,20,23)/t15-,16+/m0/s1. The molecule has 3 rings (SSSR count). The summed E-state index contributed by atoms with van der Waals surface area (Å²) in [4.78, 5) is 26.3. The molecule has 1 aromatic carbocycles. The molecule has 1 heterocycles. The van der Waals surface area contributed by atoms with Crippen molar-refractivity contribution in [2.75, 3.05) is 6.54 Å². The summed E-state index contributed by atoms with van der Waals surface area (Å²) in [6.07, 6.45) is 4.65. The number of hydrogen-bond donors (Lipinski definition) is 1. The predicted molar refractivity (Wildman–Crippen MR) is 85.2 cm³/mol. The molecule has 2 atom stereocenters. The summed E-state index contributed by atoms with van der Waals surface area (Å²) in [5.74, 6) is -0.335. The van der Waals surface area contributed by atoms with E-state index in [0.29, 0.717) is 19.4 Å². The number of halogens is 1. The molecule has 124 valence electrons. The Kier molecular flexibility index (Phi) is 4.64. The molecule has 2 aliphatic rings. The van der Waals surface area contributed by atoms with E-state index >= 15 is 0 Å². The van der Waals surface area contributed by atoms with Crippen LogP contribution in [0.1, 0.15) is 56.2 Å². The van der Waals surface area contributed by atoms with Gasteiger partial charge in [-0.05, 0) is 55.4 Å². The van der Waals surface area contributed by atoms with Gasteiger partial charge >= 0.3 is 0 Å². The SMILES string of the molecule is CC[C@H](C(=O)N[C@H]1CCCc2ccc(F)cc21)N1CCCC1=O. The highest BCUT2D eigenvalue weighted by molar-refractivity contribution is 5.88. The van der Waals surface area contributed by atoms with Crippen molar-refractivity contribution >= 4 is 11.8 Å². The molecule has 23 heavy (non-hydrogen) atoms. The van der Waals surface area contributed by atoms with E-state index in [9.17, 15) is 14.0 Å². The Labute approximate surface area is 136 Å². The summed E-state index contributed by atoms with van der Waals surface area (Å²) in [5, 5.41) is 3.05. The summed E-state index contributed by atoms with van der Waals surface area (Å²) in [6.45, 7) is 2.57. The lowest BCUT2D eigenvalue weighted by Crippen LogP contribution is -2.48. The fourth-order valence-corrected chi connectivity index (χ4v) is 3.73. The summed E-state index contributed by atoms with van der Waals surface area (Å²) >= 11 is 0. The van der Waals surface area contributed by atoms with Crippen molar-refractivity contribution < 1.29 is 14.0 Å². The van der Waals surface area contributed by atoms with E-state index in [-0.39, 0.29) is 23.7 Å². The Morgan fingerprint density at radius 1 is 1.39 bits per heavy atom. The van der Waals surface area contributed by atoms with Gasteiger partial charge < -0.3 is 10.2 Å². The van der Waals surface area contributed by atoms with Gasteiger partial charge in [-0.15, -0.1) is 0 Å². The molecule has 0 aromatic heterocycles. The van der Waals surface area contributed by atoms with Crippen LogP contribution in [0.15, 0.2) is 18.2 Å². The van der Waals surface area contributed by atoms with Gasteiger partial charge in [0.25, 0.3) is 0 Å². The van der Waals surface area contributed by atoms with Gasteiger partial charge in [0.1, 0.15) is 11.9 Å². The van der Waals surface area contributed by atoms with Gasteiger partial charge in [0.05, 0.1) is 6.04 Å². The summed E-state index contributed by atoms with van der Waals surface area (Å²) in [7, 11) is 0. The molecular weight excluding hydrogens is 295 g/mol. The summed E-state index contributed by atoms with van der Waals surface area (Å²) < 4.78 is 13.6. The number of carbonyl (C=O) groups is 2.